The summed E-state index contributed by atoms with van der Waals surface area (Å²) in [5, 5.41) is 0.336. The maximum atomic E-state index is 12.3. The van der Waals surface area contributed by atoms with Crippen molar-refractivity contribution >= 4 is 17.7 Å². The van der Waals surface area contributed by atoms with Crippen molar-refractivity contribution in [3.8, 4) is 0 Å². The van der Waals surface area contributed by atoms with Crippen molar-refractivity contribution in [1.82, 2.24) is 4.90 Å². The summed E-state index contributed by atoms with van der Waals surface area (Å²) in [6, 6.07) is 8.44. The molecule has 1 aromatic carbocycles. The van der Waals surface area contributed by atoms with Crippen molar-refractivity contribution in [1.29, 1.82) is 0 Å². The number of nitrogens with zero attached hydrogens (tertiary/aromatic N) is 1. The van der Waals surface area contributed by atoms with Crippen LogP contribution in [0.15, 0.2) is 24.3 Å². The summed E-state index contributed by atoms with van der Waals surface area (Å²) in [5.41, 5.74) is 2.60. The summed E-state index contributed by atoms with van der Waals surface area (Å²) in [6.45, 7) is 5.12. The van der Waals surface area contributed by atoms with Gasteiger partial charge >= 0.3 is 0 Å². The molecule has 2 aliphatic rings. The van der Waals surface area contributed by atoms with Gasteiger partial charge in [-0.2, -0.15) is 0 Å². The first-order chi connectivity index (χ1) is 8.66. The molecule has 3 heteroatoms. The molecule has 0 bridgehead atoms. The predicted octanol–water partition coefficient (Wildman–Crippen LogP) is 3.37. The molecule has 18 heavy (non-hydrogen) atoms. The SMILES string of the molecule is Cc1ccccc1[C@H]1S[C@H](C)C(=O)N1CC1CC1. The molecular weight excluding hydrogens is 242 g/mol. The molecule has 2 fully saturated rings. The second-order valence-corrected chi connectivity index (χ2v) is 6.85. The van der Waals surface area contributed by atoms with E-state index in [1.165, 1.54) is 24.0 Å². The molecule has 0 N–H and O–H groups in total. The minimum atomic E-state index is 0.105. The lowest BCUT2D eigenvalue weighted by atomic mass is 10.1. The van der Waals surface area contributed by atoms with Gasteiger partial charge in [0, 0.05) is 6.54 Å². The molecule has 1 saturated heterocycles. The zero-order chi connectivity index (χ0) is 12.7. The van der Waals surface area contributed by atoms with Crippen LogP contribution in [0, 0.1) is 12.8 Å². The lowest BCUT2D eigenvalue weighted by Crippen LogP contribution is -2.32. The first-order valence-electron chi connectivity index (χ1n) is 6.68. The van der Waals surface area contributed by atoms with E-state index in [0.717, 1.165) is 12.5 Å². The van der Waals surface area contributed by atoms with Gasteiger partial charge in [0.25, 0.3) is 0 Å². The molecule has 1 heterocycles. The van der Waals surface area contributed by atoms with Crippen LogP contribution in [-0.4, -0.2) is 22.6 Å². The number of rotatable bonds is 3. The molecule has 1 aromatic rings. The van der Waals surface area contributed by atoms with E-state index in [1.807, 2.05) is 6.92 Å². The van der Waals surface area contributed by atoms with Gasteiger partial charge in [-0.25, -0.2) is 0 Å². The molecule has 1 aliphatic heterocycles. The Labute approximate surface area is 113 Å². The maximum Gasteiger partial charge on any atom is 0.236 e. The fourth-order valence-corrected chi connectivity index (χ4v) is 3.93. The Hall–Kier alpha value is -0.960. The summed E-state index contributed by atoms with van der Waals surface area (Å²) in [7, 11) is 0. The van der Waals surface area contributed by atoms with Crippen LogP contribution in [0.1, 0.15) is 36.3 Å². The third kappa shape index (κ3) is 2.16. The van der Waals surface area contributed by atoms with Crippen molar-refractivity contribution in [3.63, 3.8) is 0 Å². The average Bonchev–Trinajstić information content (AvgIpc) is 3.13. The Morgan fingerprint density at radius 3 is 2.72 bits per heavy atom. The Bertz CT molecular complexity index is 469. The van der Waals surface area contributed by atoms with Gasteiger partial charge in [-0.05, 0) is 43.7 Å². The number of carbonyl (C=O) groups is 1. The molecule has 96 valence electrons. The lowest BCUT2D eigenvalue weighted by Gasteiger charge is -2.25. The molecule has 3 rings (SSSR count). The molecule has 2 nitrogen and oxygen atoms in total. The quantitative estimate of drug-likeness (QED) is 0.831. The van der Waals surface area contributed by atoms with Gasteiger partial charge in [-0.3, -0.25) is 4.79 Å². The lowest BCUT2D eigenvalue weighted by molar-refractivity contribution is -0.130. The van der Waals surface area contributed by atoms with Crippen LogP contribution in [0.25, 0.3) is 0 Å². The van der Waals surface area contributed by atoms with Crippen molar-refractivity contribution in [2.24, 2.45) is 5.92 Å². The average molecular weight is 261 g/mol. The third-order valence-corrected chi connectivity index (χ3v) is 5.23. The number of hydrogen-bond donors (Lipinski definition) is 0. The molecule has 0 radical (unpaired) electrons. The number of amides is 1. The smallest absolute Gasteiger partial charge is 0.236 e. The number of benzene rings is 1. The van der Waals surface area contributed by atoms with E-state index in [0.29, 0.717) is 5.91 Å². The van der Waals surface area contributed by atoms with Crippen LogP contribution < -0.4 is 0 Å². The van der Waals surface area contributed by atoms with Crippen molar-refractivity contribution in [2.75, 3.05) is 6.54 Å². The molecule has 1 amide bonds. The van der Waals surface area contributed by atoms with E-state index >= 15 is 0 Å². The largest absolute Gasteiger partial charge is 0.325 e. The van der Waals surface area contributed by atoms with Gasteiger partial charge in [0.2, 0.25) is 5.91 Å². The van der Waals surface area contributed by atoms with Crippen molar-refractivity contribution < 1.29 is 4.79 Å². The van der Waals surface area contributed by atoms with E-state index in [-0.39, 0.29) is 10.6 Å². The van der Waals surface area contributed by atoms with Crippen LogP contribution in [-0.2, 0) is 4.79 Å². The third-order valence-electron chi connectivity index (χ3n) is 3.85. The van der Waals surface area contributed by atoms with E-state index in [2.05, 4.69) is 36.1 Å². The van der Waals surface area contributed by atoms with Gasteiger partial charge in [0.1, 0.15) is 5.37 Å². The van der Waals surface area contributed by atoms with Gasteiger partial charge in [0.15, 0.2) is 0 Å². The van der Waals surface area contributed by atoms with Crippen LogP contribution >= 0.6 is 11.8 Å². The standard InChI is InChI=1S/C15H19NOS/c1-10-5-3-4-6-13(10)15-16(9-12-7-8-12)14(17)11(2)18-15/h3-6,11-12,15H,7-9H2,1-2H3/t11-,15-/m1/s1. The number of hydrogen-bond acceptors (Lipinski definition) is 2. The minimum Gasteiger partial charge on any atom is -0.325 e. The van der Waals surface area contributed by atoms with Gasteiger partial charge in [-0.1, -0.05) is 24.3 Å². The second-order valence-electron chi connectivity index (χ2n) is 5.42. The fourth-order valence-electron chi connectivity index (χ4n) is 2.54. The highest BCUT2D eigenvalue weighted by Gasteiger charge is 2.41. The first-order valence-corrected chi connectivity index (χ1v) is 7.62. The van der Waals surface area contributed by atoms with Gasteiger partial charge in [0.05, 0.1) is 5.25 Å². The van der Waals surface area contributed by atoms with Crippen LogP contribution in [0.4, 0.5) is 0 Å². The van der Waals surface area contributed by atoms with Crippen LogP contribution in [0.3, 0.4) is 0 Å². The van der Waals surface area contributed by atoms with Crippen molar-refractivity contribution in [2.45, 2.75) is 37.3 Å². The molecule has 2 atom stereocenters. The van der Waals surface area contributed by atoms with Crippen LogP contribution in [0.5, 0.6) is 0 Å². The normalized spacial score (nSPS) is 27.9. The number of carbonyl (C=O) groups excluding carboxylic acids is 1. The summed E-state index contributed by atoms with van der Waals surface area (Å²) >= 11 is 1.80. The molecule has 0 unspecified atom stereocenters. The molecule has 1 aliphatic carbocycles. The van der Waals surface area contributed by atoms with Crippen LogP contribution in [0.2, 0.25) is 0 Å². The highest BCUT2D eigenvalue weighted by Crippen LogP contribution is 2.45. The molecule has 1 saturated carbocycles. The summed E-state index contributed by atoms with van der Waals surface area (Å²) in [4.78, 5) is 14.4. The Balaban J connectivity index is 1.89. The number of aryl methyl sites for hydroxylation is 1. The van der Waals surface area contributed by atoms with Gasteiger partial charge < -0.3 is 4.90 Å². The monoisotopic (exact) mass is 261 g/mol. The van der Waals surface area contributed by atoms with E-state index in [1.54, 1.807) is 11.8 Å². The van der Waals surface area contributed by atoms with Crippen molar-refractivity contribution in [3.05, 3.63) is 35.4 Å². The second kappa shape index (κ2) is 4.61. The Morgan fingerprint density at radius 1 is 1.33 bits per heavy atom. The Kier molecular flexibility index (Phi) is 3.10. The molecule has 0 aromatic heterocycles. The maximum absolute atomic E-state index is 12.3. The topological polar surface area (TPSA) is 20.3 Å². The minimum absolute atomic E-state index is 0.105. The Morgan fingerprint density at radius 2 is 2.06 bits per heavy atom. The highest BCUT2D eigenvalue weighted by atomic mass is 32.2. The summed E-state index contributed by atoms with van der Waals surface area (Å²) in [6.07, 6.45) is 2.59. The molecule has 0 spiro atoms. The fraction of sp³-hybridized carbons (Fsp3) is 0.533. The highest BCUT2D eigenvalue weighted by molar-refractivity contribution is 8.01. The van der Waals surface area contributed by atoms with E-state index in [9.17, 15) is 4.79 Å². The predicted molar refractivity (Wildman–Crippen MR) is 75.4 cm³/mol. The van der Waals surface area contributed by atoms with Gasteiger partial charge in [-0.15, -0.1) is 11.8 Å². The summed E-state index contributed by atoms with van der Waals surface area (Å²) in [5.74, 6) is 1.08. The van der Waals surface area contributed by atoms with E-state index in [4.69, 9.17) is 0 Å². The zero-order valence-corrected chi connectivity index (χ0v) is 11.7. The number of thioether (sulfide) groups is 1. The summed E-state index contributed by atoms with van der Waals surface area (Å²) < 4.78 is 0. The first kappa shape index (κ1) is 12.1. The van der Waals surface area contributed by atoms with E-state index < -0.39 is 0 Å². The molecular formula is C15H19NOS. The zero-order valence-electron chi connectivity index (χ0n) is 10.9.